The van der Waals surface area contributed by atoms with Crippen LogP contribution in [0.15, 0.2) is 74.7 Å². The molecule has 0 saturated carbocycles. The number of furan rings is 1. The third-order valence-corrected chi connectivity index (χ3v) is 6.32. The van der Waals surface area contributed by atoms with Gasteiger partial charge in [0.05, 0.1) is 25.8 Å². The summed E-state index contributed by atoms with van der Waals surface area (Å²) in [7, 11) is 0. The van der Waals surface area contributed by atoms with Gasteiger partial charge in [-0.25, -0.2) is 5.43 Å². The molecular weight excluding hydrogens is 645 g/mol. The van der Waals surface area contributed by atoms with Gasteiger partial charge in [0.15, 0.2) is 5.76 Å². The minimum atomic E-state index is -0.480. The molecule has 3 aromatic carbocycles. The number of nitro groups is 1. The Morgan fingerprint density at radius 1 is 1.19 bits per heavy atom. The molecule has 0 fully saturated rings. The highest BCUT2D eigenvalue weighted by molar-refractivity contribution is 14.1. The first-order chi connectivity index (χ1) is 17.3. The van der Waals surface area contributed by atoms with E-state index >= 15 is 0 Å². The molecule has 0 unspecified atom stereocenters. The third kappa shape index (κ3) is 6.21. The highest BCUT2D eigenvalue weighted by atomic mass is 127. The zero-order valence-corrected chi connectivity index (χ0v) is 22.6. The van der Waals surface area contributed by atoms with Gasteiger partial charge in [-0.3, -0.25) is 14.9 Å². The molecule has 0 radical (unpaired) electrons. The van der Waals surface area contributed by atoms with Crippen LogP contribution in [0.5, 0.6) is 11.5 Å². The monoisotopic (exact) mass is 663 g/mol. The highest BCUT2D eigenvalue weighted by Gasteiger charge is 2.13. The van der Waals surface area contributed by atoms with E-state index in [1.54, 1.807) is 36.4 Å². The lowest BCUT2D eigenvalue weighted by molar-refractivity contribution is -0.384. The van der Waals surface area contributed by atoms with Gasteiger partial charge in [0.1, 0.15) is 23.7 Å². The van der Waals surface area contributed by atoms with Crippen molar-refractivity contribution >= 4 is 67.3 Å². The van der Waals surface area contributed by atoms with Crippen LogP contribution < -0.4 is 14.9 Å². The first kappa shape index (κ1) is 25.6. The molecular formula is C25H19BrIN3O6. The van der Waals surface area contributed by atoms with Crippen LogP contribution in [0.4, 0.5) is 5.69 Å². The standard InChI is InChI=1S/C25H19BrIN3O6/c1-2-34-19-6-7-22-17(11-19)12-23(36-22)25(31)29-28-13-16-9-20(26)24(21(27)10-16)35-14-15-4-3-5-18(8-15)30(32)33/h3-13H,2,14H2,1H3,(H,29,31)/b28-13+. The fourth-order valence-electron chi connectivity index (χ4n) is 3.32. The lowest BCUT2D eigenvalue weighted by atomic mass is 10.2. The number of halogens is 2. The van der Waals surface area contributed by atoms with Gasteiger partial charge in [-0.2, -0.15) is 5.10 Å². The van der Waals surface area contributed by atoms with Gasteiger partial charge in [-0.15, -0.1) is 0 Å². The van der Waals surface area contributed by atoms with Crippen molar-refractivity contribution in [3.63, 3.8) is 0 Å². The topological polar surface area (TPSA) is 116 Å². The number of nitrogens with zero attached hydrogens (tertiary/aromatic N) is 2. The number of benzene rings is 3. The molecule has 1 aromatic heterocycles. The predicted molar refractivity (Wildman–Crippen MR) is 147 cm³/mol. The third-order valence-electron chi connectivity index (χ3n) is 4.93. The van der Waals surface area contributed by atoms with Crippen LogP contribution in [0.1, 0.15) is 28.6 Å². The molecule has 4 aromatic rings. The first-order valence-electron chi connectivity index (χ1n) is 10.7. The number of non-ortho nitro benzene ring substituents is 1. The van der Waals surface area contributed by atoms with E-state index in [0.717, 1.165) is 14.5 Å². The number of rotatable bonds is 9. The number of nitro benzene ring substituents is 1. The second kappa shape index (κ2) is 11.5. The maximum Gasteiger partial charge on any atom is 0.307 e. The minimum absolute atomic E-state index is 0.0105. The van der Waals surface area contributed by atoms with Crippen LogP contribution >= 0.6 is 38.5 Å². The molecule has 9 nitrogen and oxygen atoms in total. The number of hydrogen-bond donors (Lipinski definition) is 1. The van der Waals surface area contributed by atoms with E-state index in [1.807, 2.05) is 19.1 Å². The summed E-state index contributed by atoms with van der Waals surface area (Å²) in [6.07, 6.45) is 1.50. The van der Waals surface area contributed by atoms with Crippen LogP contribution in [0.2, 0.25) is 0 Å². The number of nitrogens with one attached hydrogen (secondary N) is 1. The Hall–Kier alpha value is -3.45. The number of hydrazone groups is 1. The van der Waals surface area contributed by atoms with Crippen molar-refractivity contribution < 1.29 is 23.6 Å². The number of fused-ring (bicyclic) bond motifs is 1. The number of ether oxygens (including phenoxy) is 2. The SMILES string of the molecule is CCOc1ccc2oc(C(=O)N/N=C/c3cc(Br)c(OCc4cccc([N+](=O)[O-])c4)c(I)c3)cc2c1. The largest absolute Gasteiger partial charge is 0.494 e. The van der Waals surface area contributed by atoms with Crippen molar-refractivity contribution in [3.8, 4) is 11.5 Å². The number of amides is 1. The average Bonchev–Trinajstić information content (AvgIpc) is 3.27. The van der Waals surface area contributed by atoms with E-state index in [4.69, 9.17) is 13.9 Å². The molecule has 184 valence electrons. The molecule has 0 atom stereocenters. The fourth-order valence-corrected chi connectivity index (χ4v) is 5.09. The fraction of sp³-hybridized carbons (Fsp3) is 0.120. The molecule has 0 aliphatic rings. The Bertz CT molecular complexity index is 1450. The predicted octanol–water partition coefficient (Wildman–Crippen LogP) is 6.45. The van der Waals surface area contributed by atoms with Gasteiger partial charge in [0.25, 0.3) is 5.69 Å². The van der Waals surface area contributed by atoms with Gasteiger partial charge in [-0.05, 0) is 93.0 Å². The average molecular weight is 664 g/mol. The molecule has 36 heavy (non-hydrogen) atoms. The van der Waals surface area contributed by atoms with E-state index in [1.165, 1.54) is 18.3 Å². The normalized spacial score (nSPS) is 11.1. The summed E-state index contributed by atoms with van der Waals surface area (Å²) in [6.45, 7) is 2.62. The lowest BCUT2D eigenvalue weighted by Crippen LogP contribution is -2.16. The summed E-state index contributed by atoms with van der Waals surface area (Å²) in [5.41, 5.74) is 4.45. The summed E-state index contributed by atoms with van der Waals surface area (Å²) >= 11 is 5.62. The highest BCUT2D eigenvalue weighted by Crippen LogP contribution is 2.32. The van der Waals surface area contributed by atoms with Crippen LogP contribution in [-0.4, -0.2) is 23.7 Å². The molecule has 1 amide bonds. The van der Waals surface area contributed by atoms with Gasteiger partial charge in [-0.1, -0.05) is 12.1 Å². The van der Waals surface area contributed by atoms with Crippen molar-refractivity contribution in [1.29, 1.82) is 0 Å². The second-order valence-electron chi connectivity index (χ2n) is 7.47. The van der Waals surface area contributed by atoms with Crippen molar-refractivity contribution in [2.24, 2.45) is 5.10 Å². The Kier molecular flexibility index (Phi) is 8.21. The Balaban J connectivity index is 1.40. The van der Waals surface area contributed by atoms with Gasteiger partial charge >= 0.3 is 5.91 Å². The number of hydrogen-bond acceptors (Lipinski definition) is 7. The smallest absolute Gasteiger partial charge is 0.307 e. The van der Waals surface area contributed by atoms with Crippen LogP contribution in [0, 0.1) is 13.7 Å². The van der Waals surface area contributed by atoms with Crippen LogP contribution in [0.3, 0.4) is 0 Å². The van der Waals surface area contributed by atoms with E-state index < -0.39 is 10.8 Å². The molecule has 0 aliphatic carbocycles. The van der Waals surface area contributed by atoms with E-state index in [0.29, 0.717) is 33.7 Å². The maximum absolute atomic E-state index is 12.5. The van der Waals surface area contributed by atoms with E-state index in [-0.39, 0.29) is 18.1 Å². The first-order valence-corrected chi connectivity index (χ1v) is 12.6. The molecule has 0 aliphatic heterocycles. The molecule has 0 bridgehead atoms. The zero-order valence-electron chi connectivity index (χ0n) is 18.9. The van der Waals surface area contributed by atoms with Gasteiger partial charge in [0, 0.05) is 17.5 Å². The lowest BCUT2D eigenvalue weighted by Gasteiger charge is -2.11. The van der Waals surface area contributed by atoms with Gasteiger partial charge < -0.3 is 13.9 Å². The van der Waals surface area contributed by atoms with Crippen LogP contribution in [0.25, 0.3) is 11.0 Å². The van der Waals surface area contributed by atoms with Crippen molar-refractivity contribution in [1.82, 2.24) is 5.43 Å². The molecule has 1 N–H and O–H groups in total. The molecule has 0 saturated heterocycles. The molecule has 1 heterocycles. The van der Waals surface area contributed by atoms with Crippen molar-refractivity contribution in [2.75, 3.05) is 6.61 Å². The summed E-state index contributed by atoms with van der Waals surface area (Å²) in [5.74, 6) is 0.952. The molecule has 4 rings (SSSR count). The van der Waals surface area contributed by atoms with E-state index in [9.17, 15) is 14.9 Å². The maximum atomic E-state index is 12.5. The Labute approximate surface area is 227 Å². The minimum Gasteiger partial charge on any atom is -0.494 e. The zero-order chi connectivity index (χ0) is 25.7. The number of carbonyl (C=O) groups excluding carboxylic acids is 1. The second-order valence-corrected chi connectivity index (χ2v) is 9.49. The van der Waals surface area contributed by atoms with Crippen molar-refractivity contribution in [3.05, 3.63) is 95.7 Å². The quantitative estimate of drug-likeness (QED) is 0.0952. The van der Waals surface area contributed by atoms with Gasteiger partial charge in [0.2, 0.25) is 0 Å². The van der Waals surface area contributed by atoms with E-state index in [2.05, 4.69) is 49.0 Å². The number of carbonyl (C=O) groups is 1. The summed E-state index contributed by atoms with van der Waals surface area (Å²) < 4.78 is 18.4. The molecule has 11 heteroatoms. The Morgan fingerprint density at radius 2 is 2.03 bits per heavy atom. The van der Waals surface area contributed by atoms with Crippen molar-refractivity contribution in [2.45, 2.75) is 13.5 Å². The summed E-state index contributed by atoms with van der Waals surface area (Å²) in [6, 6.07) is 16.9. The summed E-state index contributed by atoms with van der Waals surface area (Å²) in [5, 5.41) is 15.8. The Morgan fingerprint density at radius 3 is 2.78 bits per heavy atom. The van der Waals surface area contributed by atoms with Crippen LogP contribution in [-0.2, 0) is 6.61 Å². The summed E-state index contributed by atoms with van der Waals surface area (Å²) in [4.78, 5) is 23.0. The molecule has 0 spiro atoms.